The summed E-state index contributed by atoms with van der Waals surface area (Å²) in [5.74, 6) is 1.85. The molecular weight excluding hydrogens is 330 g/mol. The van der Waals surface area contributed by atoms with Gasteiger partial charge in [0, 0.05) is 10.7 Å². The Balaban J connectivity index is 1.51. The fourth-order valence-corrected chi connectivity index (χ4v) is 3.05. The minimum absolute atomic E-state index is 0.0500. The second kappa shape index (κ2) is 7.06. The number of halogens is 1. The molecule has 118 valence electrons. The number of hydrogen-bond acceptors (Lipinski definition) is 3. The number of fused-ring (bicyclic) bond motifs is 1. The van der Waals surface area contributed by atoms with E-state index in [1.54, 1.807) is 6.07 Å². The van der Waals surface area contributed by atoms with Crippen molar-refractivity contribution in [2.24, 2.45) is 0 Å². The lowest BCUT2D eigenvalue weighted by Crippen LogP contribution is -2.14. The molecule has 1 aromatic heterocycles. The fraction of sp³-hybridized carbons (Fsp3) is 0.176. The molecule has 0 unspecified atom stereocenters. The summed E-state index contributed by atoms with van der Waals surface area (Å²) in [6.45, 7) is 1.93. The van der Waals surface area contributed by atoms with Crippen molar-refractivity contribution in [2.75, 3.05) is 11.1 Å². The zero-order valence-corrected chi connectivity index (χ0v) is 14.2. The summed E-state index contributed by atoms with van der Waals surface area (Å²) < 4.78 is 0. The molecule has 1 amide bonds. The van der Waals surface area contributed by atoms with Gasteiger partial charge in [0.2, 0.25) is 5.91 Å². The van der Waals surface area contributed by atoms with Gasteiger partial charge in [-0.1, -0.05) is 29.8 Å². The normalized spacial score (nSPS) is 10.9. The van der Waals surface area contributed by atoms with Gasteiger partial charge in [-0.3, -0.25) is 4.79 Å². The Kier molecular flexibility index (Phi) is 4.88. The summed E-state index contributed by atoms with van der Waals surface area (Å²) in [5.41, 5.74) is 3.67. The van der Waals surface area contributed by atoms with Crippen LogP contribution in [-0.2, 0) is 10.5 Å². The molecule has 23 heavy (non-hydrogen) atoms. The molecule has 0 aliphatic heterocycles. The van der Waals surface area contributed by atoms with Crippen LogP contribution >= 0.6 is 23.4 Å². The third kappa shape index (κ3) is 4.06. The van der Waals surface area contributed by atoms with Crippen LogP contribution in [0.15, 0.2) is 42.5 Å². The summed E-state index contributed by atoms with van der Waals surface area (Å²) in [4.78, 5) is 19.7. The van der Waals surface area contributed by atoms with E-state index in [-0.39, 0.29) is 5.91 Å². The Hall–Kier alpha value is -1.98. The molecule has 0 spiro atoms. The second-order valence-corrected chi connectivity index (χ2v) is 6.60. The number of aromatic nitrogens is 2. The first kappa shape index (κ1) is 15.9. The highest BCUT2D eigenvalue weighted by atomic mass is 35.5. The third-order valence-electron chi connectivity index (χ3n) is 3.37. The number of benzene rings is 2. The van der Waals surface area contributed by atoms with Gasteiger partial charge in [0.05, 0.1) is 22.5 Å². The number of aryl methyl sites for hydroxylation is 1. The van der Waals surface area contributed by atoms with Crippen molar-refractivity contribution >= 4 is 46.0 Å². The van der Waals surface area contributed by atoms with Crippen LogP contribution in [0.3, 0.4) is 0 Å². The maximum atomic E-state index is 12.0. The molecule has 3 aromatic rings. The van der Waals surface area contributed by atoms with Crippen LogP contribution in [0, 0.1) is 6.92 Å². The molecule has 0 fully saturated rings. The van der Waals surface area contributed by atoms with E-state index in [1.807, 2.05) is 43.3 Å². The minimum Gasteiger partial charge on any atom is -0.341 e. The summed E-state index contributed by atoms with van der Waals surface area (Å²) in [6, 6.07) is 13.4. The smallest absolute Gasteiger partial charge is 0.234 e. The van der Waals surface area contributed by atoms with Gasteiger partial charge in [0.25, 0.3) is 0 Å². The van der Waals surface area contributed by atoms with E-state index in [0.717, 1.165) is 28.1 Å². The number of hydrogen-bond donors (Lipinski definition) is 2. The number of anilines is 1. The number of para-hydroxylation sites is 2. The van der Waals surface area contributed by atoms with E-state index in [4.69, 9.17) is 11.6 Å². The maximum Gasteiger partial charge on any atom is 0.234 e. The minimum atomic E-state index is -0.0500. The lowest BCUT2D eigenvalue weighted by molar-refractivity contribution is -0.113. The van der Waals surface area contributed by atoms with Crippen molar-refractivity contribution in [3.8, 4) is 0 Å². The quantitative estimate of drug-likeness (QED) is 0.720. The molecule has 0 radical (unpaired) electrons. The lowest BCUT2D eigenvalue weighted by atomic mass is 10.2. The average molecular weight is 346 g/mol. The number of nitrogens with one attached hydrogen (secondary N) is 2. The number of rotatable bonds is 5. The molecule has 2 aromatic carbocycles. The Labute approximate surface area is 143 Å². The maximum absolute atomic E-state index is 12.0. The first-order chi connectivity index (χ1) is 11.1. The molecule has 6 heteroatoms. The van der Waals surface area contributed by atoms with Crippen LogP contribution in [0.25, 0.3) is 11.0 Å². The third-order valence-corrected chi connectivity index (χ3v) is 4.72. The van der Waals surface area contributed by atoms with Crippen LogP contribution < -0.4 is 5.32 Å². The molecule has 0 saturated carbocycles. The lowest BCUT2D eigenvalue weighted by Gasteiger charge is -2.06. The molecule has 3 rings (SSSR count). The zero-order chi connectivity index (χ0) is 16.2. The molecule has 4 nitrogen and oxygen atoms in total. The summed E-state index contributed by atoms with van der Waals surface area (Å²) in [5, 5.41) is 3.50. The number of nitrogens with zero attached hydrogens (tertiary/aromatic N) is 1. The predicted octanol–water partition coefficient (Wildman–Crippen LogP) is 4.40. The van der Waals surface area contributed by atoms with Crippen LogP contribution in [0.4, 0.5) is 5.69 Å². The predicted molar refractivity (Wildman–Crippen MR) is 97.1 cm³/mol. The summed E-state index contributed by atoms with van der Waals surface area (Å²) >= 11 is 7.57. The van der Waals surface area contributed by atoms with Gasteiger partial charge >= 0.3 is 0 Å². The number of thioether (sulfide) groups is 1. The van der Waals surface area contributed by atoms with Gasteiger partial charge in [0.1, 0.15) is 5.82 Å². The Morgan fingerprint density at radius 2 is 2.13 bits per heavy atom. The van der Waals surface area contributed by atoms with Gasteiger partial charge in [-0.2, -0.15) is 0 Å². The molecule has 0 saturated heterocycles. The second-order valence-electron chi connectivity index (χ2n) is 5.21. The monoisotopic (exact) mass is 345 g/mol. The first-order valence-electron chi connectivity index (χ1n) is 7.19. The number of aromatic amines is 1. The van der Waals surface area contributed by atoms with E-state index in [9.17, 15) is 4.79 Å². The van der Waals surface area contributed by atoms with Crippen LogP contribution in [0.2, 0.25) is 5.02 Å². The molecular formula is C17H16ClN3OS. The van der Waals surface area contributed by atoms with Gasteiger partial charge < -0.3 is 10.3 Å². The van der Waals surface area contributed by atoms with Crippen LogP contribution in [0.1, 0.15) is 11.4 Å². The summed E-state index contributed by atoms with van der Waals surface area (Å²) in [7, 11) is 0. The van der Waals surface area contributed by atoms with Gasteiger partial charge in [-0.05, 0) is 36.8 Å². The van der Waals surface area contributed by atoms with Gasteiger partial charge in [-0.25, -0.2) is 4.98 Å². The fourth-order valence-electron chi connectivity index (χ4n) is 2.18. The number of imidazole rings is 1. The Morgan fingerprint density at radius 1 is 1.30 bits per heavy atom. The number of amides is 1. The van der Waals surface area contributed by atoms with Crippen molar-refractivity contribution < 1.29 is 4.79 Å². The van der Waals surface area contributed by atoms with Gasteiger partial charge in [-0.15, -0.1) is 11.8 Å². The van der Waals surface area contributed by atoms with Crippen LogP contribution in [-0.4, -0.2) is 21.6 Å². The first-order valence-corrected chi connectivity index (χ1v) is 8.72. The average Bonchev–Trinajstić information content (AvgIpc) is 2.93. The highest BCUT2D eigenvalue weighted by Crippen LogP contribution is 2.20. The highest BCUT2D eigenvalue weighted by molar-refractivity contribution is 7.99. The molecule has 0 aliphatic carbocycles. The topological polar surface area (TPSA) is 57.8 Å². The molecule has 2 N–H and O–H groups in total. The Morgan fingerprint density at radius 3 is 2.91 bits per heavy atom. The summed E-state index contributed by atoms with van der Waals surface area (Å²) in [6.07, 6.45) is 0. The standard InChI is InChI=1S/C17H16ClN3OS/c1-11-6-7-12(8-13(11)18)19-17(22)10-23-9-16-20-14-4-2-3-5-15(14)21-16/h2-8H,9-10H2,1H3,(H,19,22)(H,20,21). The van der Waals surface area contributed by atoms with Crippen molar-refractivity contribution in [1.29, 1.82) is 0 Å². The number of carbonyl (C=O) groups excluding carboxylic acids is 1. The van der Waals surface area contributed by atoms with Gasteiger partial charge in [0.15, 0.2) is 0 Å². The molecule has 0 bridgehead atoms. The molecule has 1 heterocycles. The van der Waals surface area contributed by atoms with E-state index in [2.05, 4.69) is 15.3 Å². The van der Waals surface area contributed by atoms with Crippen molar-refractivity contribution in [3.05, 3.63) is 58.9 Å². The number of carbonyl (C=O) groups is 1. The van der Waals surface area contributed by atoms with E-state index in [1.165, 1.54) is 11.8 Å². The van der Waals surface area contributed by atoms with E-state index < -0.39 is 0 Å². The van der Waals surface area contributed by atoms with Crippen molar-refractivity contribution in [3.63, 3.8) is 0 Å². The molecule has 0 aliphatic rings. The van der Waals surface area contributed by atoms with Crippen molar-refractivity contribution in [2.45, 2.75) is 12.7 Å². The zero-order valence-electron chi connectivity index (χ0n) is 12.6. The number of H-pyrrole nitrogens is 1. The van der Waals surface area contributed by atoms with E-state index in [0.29, 0.717) is 16.5 Å². The molecule has 0 atom stereocenters. The Bertz CT molecular complexity index is 814. The largest absolute Gasteiger partial charge is 0.341 e. The SMILES string of the molecule is Cc1ccc(NC(=O)CSCc2nc3ccccc3[nH]2)cc1Cl. The van der Waals surface area contributed by atoms with Crippen LogP contribution in [0.5, 0.6) is 0 Å². The van der Waals surface area contributed by atoms with Crippen molar-refractivity contribution in [1.82, 2.24) is 9.97 Å². The highest BCUT2D eigenvalue weighted by Gasteiger charge is 2.06. The van der Waals surface area contributed by atoms with E-state index >= 15 is 0 Å².